The highest BCUT2D eigenvalue weighted by atomic mass is 32.2. The zero-order valence-corrected chi connectivity index (χ0v) is 8.44. The van der Waals surface area contributed by atoms with Crippen molar-refractivity contribution >= 4 is 10.0 Å². The Hall–Kier alpha value is -1.28. The molecule has 0 aromatic carbocycles. The quantitative estimate of drug-likeness (QED) is 0.774. The number of H-pyrrole nitrogens is 1. The second-order valence-corrected chi connectivity index (χ2v) is 4.41. The van der Waals surface area contributed by atoms with Crippen molar-refractivity contribution in [2.24, 2.45) is 5.14 Å². The SMILES string of the molecule is Cc1c(C(F)F)[nH]c(S(N)(=O)=O)cc1=O. The summed E-state index contributed by atoms with van der Waals surface area (Å²) < 4.78 is 46.4. The van der Waals surface area contributed by atoms with Gasteiger partial charge in [-0.15, -0.1) is 0 Å². The van der Waals surface area contributed by atoms with Gasteiger partial charge in [-0.3, -0.25) is 4.79 Å². The topological polar surface area (TPSA) is 93.0 Å². The van der Waals surface area contributed by atoms with Crippen molar-refractivity contribution in [2.75, 3.05) is 0 Å². The van der Waals surface area contributed by atoms with E-state index >= 15 is 0 Å². The van der Waals surface area contributed by atoms with E-state index in [0.29, 0.717) is 6.07 Å². The molecule has 0 radical (unpaired) electrons. The minimum absolute atomic E-state index is 0.225. The molecule has 0 saturated heterocycles. The van der Waals surface area contributed by atoms with Gasteiger partial charge in [-0.1, -0.05) is 0 Å². The van der Waals surface area contributed by atoms with Crippen LogP contribution in [0.15, 0.2) is 15.9 Å². The van der Waals surface area contributed by atoms with Crippen LogP contribution in [0.4, 0.5) is 8.78 Å². The van der Waals surface area contributed by atoms with Crippen molar-refractivity contribution < 1.29 is 17.2 Å². The molecular weight excluding hydrogens is 230 g/mol. The maximum Gasteiger partial charge on any atom is 0.278 e. The standard InChI is InChI=1S/C7H8F2N2O3S/c1-3-4(12)2-5(15(10,13)14)11-6(3)7(8)9/h2,7H,1H3,(H,11,12)(H2,10,13,14). The van der Waals surface area contributed by atoms with Crippen molar-refractivity contribution in [3.63, 3.8) is 0 Å². The Morgan fingerprint density at radius 2 is 2.00 bits per heavy atom. The first-order chi connectivity index (χ1) is 6.73. The van der Waals surface area contributed by atoms with Gasteiger partial charge in [0.2, 0.25) is 0 Å². The van der Waals surface area contributed by atoms with Crippen LogP contribution in [0.5, 0.6) is 0 Å². The highest BCUT2D eigenvalue weighted by Gasteiger charge is 2.18. The zero-order chi connectivity index (χ0) is 11.8. The Morgan fingerprint density at radius 3 is 2.40 bits per heavy atom. The first-order valence-corrected chi connectivity index (χ1v) is 5.33. The number of halogens is 2. The minimum atomic E-state index is -4.19. The molecule has 84 valence electrons. The summed E-state index contributed by atoms with van der Waals surface area (Å²) in [5, 5.41) is 3.99. The van der Waals surface area contributed by atoms with Crippen LogP contribution < -0.4 is 10.6 Å². The van der Waals surface area contributed by atoms with Gasteiger partial charge in [0.1, 0.15) is 0 Å². The third-order valence-corrected chi connectivity index (χ3v) is 2.65. The fourth-order valence-electron chi connectivity index (χ4n) is 0.994. The van der Waals surface area contributed by atoms with Gasteiger partial charge in [0.15, 0.2) is 10.5 Å². The van der Waals surface area contributed by atoms with Crippen molar-refractivity contribution in [3.05, 3.63) is 27.5 Å². The van der Waals surface area contributed by atoms with Crippen LogP contribution in [0.3, 0.4) is 0 Å². The Bertz CT molecular complexity index is 536. The first-order valence-electron chi connectivity index (χ1n) is 3.78. The Kier molecular flexibility index (Phi) is 2.91. The molecular formula is C7H8F2N2O3S. The van der Waals surface area contributed by atoms with Gasteiger partial charge in [0.05, 0.1) is 5.69 Å². The van der Waals surface area contributed by atoms with Crippen LogP contribution in [0.25, 0.3) is 0 Å². The molecule has 15 heavy (non-hydrogen) atoms. The third kappa shape index (κ3) is 2.39. The summed E-state index contributed by atoms with van der Waals surface area (Å²) in [7, 11) is -4.19. The molecule has 5 nitrogen and oxygen atoms in total. The smallest absolute Gasteiger partial charge is 0.278 e. The number of hydrogen-bond acceptors (Lipinski definition) is 3. The maximum absolute atomic E-state index is 12.4. The van der Waals surface area contributed by atoms with E-state index in [1.807, 2.05) is 4.98 Å². The number of aromatic nitrogens is 1. The monoisotopic (exact) mass is 238 g/mol. The van der Waals surface area contributed by atoms with Gasteiger partial charge < -0.3 is 4.98 Å². The van der Waals surface area contributed by atoms with E-state index in [-0.39, 0.29) is 5.56 Å². The molecule has 0 aliphatic rings. The molecule has 3 N–H and O–H groups in total. The van der Waals surface area contributed by atoms with E-state index in [1.54, 1.807) is 0 Å². The van der Waals surface area contributed by atoms with Gasteiger partial charge in [0.25, 0.3) is 16.4 Å². The predicted molar refractivity (Wildman–Crippen MR) is 48.1 cm³/mol. The van der Waals surface area contributed by atoms with E-state index in [0.717, 1.165) is 0 Å². The molecule has 0 amide bonds. The number of hydrogen-bond donors (Lipinski definition) is 2. The highest BCUT2D eigenvalue weighted by Crippen LogP contribution is 2.19. The molecule has 0 aliphatic heterocycles. The molecule has 1 rings (SSSR count). The van der Waals surface area contributed by atoms with Crippen LogP contribution in [0, 0.1) is 6.92 Å². The molecule has 0 unspecified atom stereocenters. The lowest BCUT2D eigenvalue weighted by molar-refractivity contribution is 0.144. The number of nitrogens with one attached hydrogen (secondary N) is 1. The number of pyridine rings is 1. The van der Waals surface area contributed by atoms with Crippen LogP contribution in [-0.4, -0.2) is 13.4 Å². The number of primary sulfonamides is 1. The summed E-state index contributed by atoms with van der Waals surface area (Å²) in [6.07, 6.45) is -2.96. The van der Waals surface area contributed by atoms with Crippen LogP contribution in [-0.2, 0) is 10.0 Å². The molecule has 0 saturated carbocycles. The number of aromatic amines is 1. The molecule has 0 fully saturated rings. The fraction of sp³-hybridized carbons (Fsp3) is 0.286. The summed E-state index contributed by atoms with van der Waals surface area (Å²) in [4.78, 5) is 13.1. The second-order valence-electron chi connectivity index (χ2n) is 2.88. The maximum atomic E-state index is 12.4. The summed E-state index contributed by atoms with van der Waals surface area (Å²) in [6, 6.07) is 0.677. The van der Waals surface area contributed by atoms with Crippen molar-refractivity contribution in [1.82, 2.24) is 4.98 Å². The molecule has 0 spiro atoms. The number of alkyl halides is 2. The van der Waals surface area contributed by atoms with Crippen molar-refractivity contribution in [2.45, 2.75) is 18.4 Å². The summed E-state index contributed by atoms with van der Waals surface area (Å²) >= 11 is 0. The Balaban J connectivity index is 3.58. The van der Waals surface area contributed by atoms with E-state index in [4.69, 9.17) is 5.14 Å². The number of nitrogens with two attached hydrogens (primary N) is 1. The fourth-order valence-corrected chi connectivity index (χ4v) is 1.52. The summed E-state index contributed by atoms with van der Waals surface area (Å²) in [5.41, 5.74) is -1.75. The highest BCUT2D eigenvalue weighted by molar-refractivity contribution is 7.89. The Morgan fingerprint density at radius 1 is 1.47 bits per heavy atom. The molecule has 1 aromatic heterocycles. The lowest BCUT2D eigenvalue weighted by Gasteiger charge is -2.06. The van der Waals surface area contributed by atoms with Gasteiger partial charge >= 0.3 is 0 Å². The number of sulfonamides is 1. The molecule has 8 heteroatoms. The minimum Gasteiger partial charge on any atom is -0.343 e. The van der Waals surface area contributed by atoms with Gasteiger partial charge in [-0.25, -0.2) is 22.3 Å². The van der Waals surface area contributed by atoms with Crippen molar-refractivity contribution in [3.8, 4) is 0 Å². The molecule has 0 bridgehead atoms. The van der Waals surface area contributed by atoms with Gasteiger partial charge in [-0.05, 0) is 6.92 Å². The van der Waals surface area contributed by atoms with E-state index < -0.39 is 32.6 Å². The summed E-state index contributed by atoms with van der Waals surface area (Å²) in [6.45, 7) is 1.17. The largest absolute Gasteiger partial charge is 0.343 e. The first kappa shape index (κ1) is 11.8. The van der Waals surface area contributed by atoms with Crippen LogP contribution in [0.1, 0.15) is 17.7 Å². The van der Waals surface area contributed by atoms with E-state index in [1.165, 1.54) is 6.92 Å². The van der Waals surface area contributed by atoms with E-state index in [2.05, 4.69) is 0 Å². The molecule has 1 aromatic rings. The molecule has 0 aliphatic carbocycles. The second kappa shape index (κ2) is 3.70. The number of rotatable bonds is 2. The van der Waals surface area contributed by atoms with Crippen LogP contribution >= 0.6 is 0 Å². The zero-order valence-electron chi connectivity index (χ0n) is 7.62. The van der Waals surface area contributed by atoms with Crippen molar-refractivity contribution in [1.29, 1.82) is 0 Å². The Labute approximate surface area is 84.0 Å². The van der Waals surface area contributed by atoms with Gasteiger partial charge in [0, 0.05) is 11.6 Å². The van der Waals surface area contributed by atoms with E-state index in [9.17, 15) is 22.0 Å². The average Bonchev–Trinajstić information content (AvgIpc) is 2.06. The van der Waals surface area contributed by atoms with Gasteiger partial charge in [-0.2, -0.15) is 0 Å². The molecule has 0 atom stereocenters. The molecule has 1 heterocycles. The third-order valence-electron chi connectivity index (χ3n) is 1.82. The normalized spacial score (nSPS) is 12.1. The average molecular weight is 238 g/mol. The predicted octanol–water partition coefficient (Wildman–Crippen LogP) is 0.268. The lowest BCUT2D eigenvalue weighted by atomic mass is 10.2. The van der Waals surface area contributed by atoms with Crippen LogP contribution in [0.2, 0.25) is 0 Å². The lowest BCUT2D eigenvalue weighted by Crippen LogP contribution is -2.20. The summed E-state index contributed by atoms with van der Waals surface area (Å²) in [5.74, 6) is 0.